The van der Waals surface area contributed by atoms with Gasteiger partial charge in [0, 0.05) is 0 Å². The third kappa shape index (κ3) is 4.25. The van der Waals surface area contributed by atoms with E-state index in [4.69, 9.17) is 5.73 Å². The maximum absolute atomic E-state index is 14.3. The first kappa shape index (κ1) is 17.2. The lowest BCUT2D eigenvalue weighted by Crippen LogP contribution is -2.36. The zero-order valence-corrected chi connectivity index (χ0v) is 14.5. The van der Waals surface area contributed by atoms with Crippen LogP contribution >= 0.6 is 11.5 Å². The van der Waals surface area contributed by atoms with Crippen LogP contribution in [0.15, 0.2) is 18.2 Å². The second kappa shape index (κ2) is 7.07. The number of aromatic nitrogens is 1. The Labute approximate surface area is 149 Å². The molecule has 6 nitrogen and oxygen atoms in total. The van der Waals surface area contributed by atoms with E-state index in [9.17, 15) is 14.4 Å². The lowest BCUT2D eigenvalue weighted by atomic mass is 10.1. The fourth-order valence-electron chi connectivity index (χ4n) is 2.56. The van der Waals surface area contributed by atoms with E-state index in [1.54, 1.807) is 0 Å². The summed E-state index contributed by atoms with van der Waals surface area (Å²) in [7, 11) is 0. The van der Waals surface area contributed by atoms with Gasteiger partial charge >= 0.3 is 0 Å². The van der Waals surface area contributed by atoms with Crippen LogP contribution < -0.4 is 16.4 Å². The summed E-state index contributed by atoms with van der Waals surface area (Å²) in [5.41, 5.74) is 7.05. The third-order valence-corrected chi connectivity index (χ3v) is 4.85. The van der Waals surface area contributed by atoms with Gasteiger partial charge in [-0.15, -0.1) is 0 Å². The molecule has 0 spiro atoms. The predicted octanol–water partition coefficient (Wildman–Crippen LogP) is 3.27. The van der Waals surface area contributed by atoms with Gasteiger partial charge in [0.2, 0.25) is 5.91 Å². The Morgan fingerprint density at radius 2 is 2.24 bits per heavy atom. The Morgan fingerprint density at radius 1 is 1.48 bits per heavy atom. The average Bonchev–Trinajstić information content (AvgIpc) is 3.29. The molecule has 0 radical (unpaired) electrons. The van der Waals surface area contributed by atoms with Gasteiger partial charge in [-0.2, -0.15) is 9.64 Å². The van der Waals surface area contributed by atoms with Gasteiger partial charge in [-0.1, -0.05) is 12.8 Å². The van der Waals surface area contributed by atoms with Crippen LogP contribution in [0.2, 0.25) is 0 Å². The Hall–Kier alpha value is -2.66. The number of benzene rings is 1. The molecule has 4 N–H and O–H groups in total. The number of amides is 1. The number of carbonyl (C=O) groups excluding carboxylic acids is 1. The molecule has 1 aromatic heterocycles. The Balaban J connectivity index is 1.86. The maximum atomic E-state index is 14.3. The summed E-state index contributed by atoms with van der Waals surface area (Å²) >= 11 is 1.25. The quantitative estimate of drug-likeness (QED) is 0.704. The van der Waals surface area contributed by atoms with Crippen LogP contribution in [-0.4, -0.2) is 16.3 Å². The molecule has 0 unspecified atom stereocenters. The van der Waals surface area contributed by atoms with Crippen LogP contribution in [0.25, 0.3) is 0 Å². The van der Waals surface area contributed by atoms with Crippen molar-refractivity contribution < 1.29 is 9.18 Å². The van der Waals surface area contributed by atoms with E-state index < -0.39 is 17.8 Å². The number of halogens is 1. The highest BCUT2D eigenvalue weighted by atomic mass is 32.1. The van der Waals surface area contributed by atoms with Crippen LogP contribution in [0.4, 0.5) is 20.8 Å². The van der Waals surface area contributed by atoms with E-state index in [-0.39, 0.29) is 11.3 Å². The number of rotatable bonds is 7. The number of aryl methyl sites for hydroxylation is 1. The minimum absolute atomic E-state index is 0.146. The molecule has 3 rings (SSSR count). The van der Waals surface area contributed by atoms with Crippen LogP contribution in [-0.2, 0) is 4.79 Å². The molecule has 1 aliphatic carbocycles. The summed E-state index contributed by atoms with van der Waals surface area (Å²) < 4.78 is 18.5. The zero-order chi connectivity index (χ0) is 18.0. The van der Waals surface area contributed by atoms with Gasteiger partial charge in [0.1, 0.15) is 22.9 Å². The average molecular weight is 359 g/mol. The largest absolute Gasteiger partial charge is 0.371 e. The van der Waals surface area contributed by atoms with Gasteiger partial charge in [0.05, 0.1) is 22.6 Å². The normalized spacial score (nSPS) is 14.6. The minimum atomic E-state index is -0.631. The van der Waals surface area contributed by atoms with Crippen molar-refractivity contribution in [3.63, 3.8) is 0 Å². The molecule has 0 aliphatic heterocycles. The molecular formula is C17H18FN5OS. The number of nitrogens with two attached hydrogens (primary N) is 1. The molecule has 0 bridgehead atoms. The highest BCUT2D eigenvalue weighted by molar-refractivity contribution is 7.10. The summed E-state index contributed by atoms with van der Waals surface area (Å²) in [5, 5.41) is 16.0. The molecule has 1 heterocycles. The highest BCUT2D eigenvalue weighted by Gasteiger charge is 2.28. The van der Waals surface area contributed by atoms with Gasteiger partial charge in [0.25, 0.3) is 0 Å². The molecule has 0 saturated heterocycles. The summed E-state index contributed by atoms with van der Waals surface area (Å²) in [5.74, 6) is -0.642. The molecule has 25 heavy (non-hydrogen) atoms. The van der Waals surface area contributed by atoms with Crippen LogP contribution in [0.5, 0.6) is 0 Å². The molecule has 1 amide bonds. The molecule has 1 fully saturated rings. The van der Waals surface area contributed by atoms with E-state index in [1.807, 2.05) is 19.1 Å². The lowest BCUT2D eigenvalue weighted by molar-refractivity contribution is -0.118. The summed E-state index contributed by atoms with van der Waals surface area (Å²) in [6.45, 7) is 1.86. The fourth-order valence-corrected chi connectivity index (χ4v) is 3.23. The maximum Gasteiger partial charge on any atom is 0.239 e. The van der Waals surface area contributed by atoms with Crippen LogP contribution in [0, 0.1) is 30.0 Å². The Kier molecular flexibility index (Phi) is 4.86. The lowest BCUT2D eigenvalue weighted by Gasteiger charge is -2.18. The number of nitrogens with zero attached hydrogens (tertiary/aromatic N) is 2. The topological polar surface area (TPSA) is 104 Å². The van der Waals surface area contributed by atoms with Gasteiger partial charge in [-0.3, -0.25) is 4.79 Å². The molecule has 130 valence electrons. The van der Waals surface area contributed by atoms with E-state index in [0.717, 1.165) is 29.6 Å². The second-order valence-electron chi connectivity index (χ2n) is 6.23. The number of carbonyl (C=O) groups is 1. The predicted molar refractivity (Wildman–Crippen MR) is 95.2 cm³/mol. The summed E-state index contributed by atoms with van der Waals surface area (Å²) in [6.07, 6.45) is 2.73. The van der Waals surface area contributed by atoms with Crippen molar-refractivity contribution in [1.29, 1.82) is 5.26 Å². The van der Waals surface area contributed by atoms with E-state index in [1.165, 1.54) is 17.6 Å². The Morgan fingerprint density at radius 3 is 2.80 bits per heavy atom. The first-order chi connectivity index (χ1) is 12.0. The first-order valence-corrected chi connectivity index (χ1v) is 8.73. The number of hydrogen-bond acceptors (Lipinski definition) is 6. The van der Waals surface area contributed by atoms with Crippen molar-refractivity contribution in [3.8, 4) is 6.07 Å². The van der Waals surface area contributed by atoms with Crippen LogP contribution in [0.1, 0.15) is 30.5 Å². The molecule has 1 saturated carbocycles. The second-order valence-corrected chi connectivity index (χ2v) is 7.03. The minimum Gasteiger partial charge on any atom is -0.371 e. The van der Waals surface area contributed by atoms with Crippen molar-refractivity contribution in [1.82, 2.24) is 4.37 Å². The first-order valence-electron chi connectivity index (χ1n) is 7.96. The molecule has 1 aromatic carbocycles. The number of hydrogen-bond donors (Lipinski definition) is 3. The van der Waals surface area contributed by atoms with Crippen molar-refractivity contribution in [3.05, 3.63) is 35.3 Å². The monoisotopic (exact) mass is 359 g/mol. The van der Waals surface area contributed by atoms with Crippen LogP contribution in [0.3, 0.4) is 0 Å². The molecule has 1 atom stereocenters. The Bertz CT molecular complexity index is 840. The summed E-state index contributed by atoms with van der Waals surface area (Å²) in [4.78, 5) is 11.6. The van der Waals surface area contributed by atoms with Gasteiger partial charge in [-0.25, -0.2) is 4.39 Å². The van der Waals surface area contributed by atoms with Gasteiger partial charge in [-0.05, 0) is 49.0 Å². The van der Waals surface area contributed by atoms with E-state index >= 15 is 0 Å². The van der Waals surface area contributed by atoms with Gasteiger partial charge < -0.3 is 16.4 Å². The molecule has 1 aliphatic rings. The van der Waals surface area contributed by atoms with E-state index in [0.29, 0.717) is 18.0 Å². The van der Waals surface area contributed by atoms with Crippen molar-refractivity contribution >= 4 is 33.8 Å². The third-order valence-electron chi connectivity index (χ3n) is 4.05. The summed E-state index contributed by atoms with van der Waals surface area (Å²) in [6, 6.07) is 5.81. The van der Waals surface area contributed by atoms with Crippen molar-refractivity contribution in [2.24, 2.45) is 11.7 Å². The smallest absolute Gasteiger partial charge is 0.239 e. The fraction of sp³-hybridized carbons (Fsp3) is 0.353. The molecule has 2 aromatic rings. The number of nitrogens with one attached hydrogen (secondary N) is 2. The van der Waals surface area contributed by atoms with Crippen molar-refractivity contribution in [2.75, 3.05) is 10.6 Å². The zero-order valence-electron chi connectivity index (χ0n) is 13.7. The molecular weight excluding hydrogens is 341 g/mol. The number of nitriles is 1. The van der Waals surface area contributed by atoms with Crippen molar-refractivity contribution in [2.45, 2.75) is 32.2 Å². The van der Waals surface area contributed by atoms with E-state index in [2.05, 4.69) is 15.0 Å². The number of anilines is 3. The standard InChI is InChI=1S/C17H18FN5OS/c1-9-4-16(25-23-9)22-13-7-14(12(18)6-11(13)8-19)21-15(17(20)24)5-10-2-3-10/h4,6-7,10,15,21-22H,2-3,5H2,1H3,(H2,20,24)/t15-/m1/s1. The number of primary amides is 1. The van der Waals surface area contributed by atoms with Gasteiger partial charge in [0.15, 0.2) is 0 Å². The molecule has 8 heteroatoms. The SMILES string of the molecule is Cc1cc(Nc2cc(N[C@H](CC3CC3)C(N)=O)c(F)cc2C#N)sn1. The highest BCUT2D eigenvalue weighted by Crippen LogP contribution is 2.35.